The van der Waals surface area contributed by atoms with Gasteiger partial charge in [0.15, 0.2) is 0 Å². The summed E-state index contributed by atoms with van der Waals surface area (Å²) >= 11 is 11.0. The Bertz CT molecular complexity index is 276. The first-order valence-electron chi connectivity index (χ1n) is 3.38. The lowest BCUT2D eigenvalue weighted by Crippen LogP contribution is -1.98. The topological polar surface area (TPSA) is 40.5 Å². The maximum Gasteiger partial charge on any atom is 0.140 e. The van der Waals surface area contributed by atoms with Gasteiger partial charge in [0.05, 0.1) is 17.0 Å². The minimum atomic E-state index is -0.870. The Kier molecular flexibility index (Phi) is 3.20. The van der Waals surface area contributed by atoms with Crippen molar-refractivity contribution in [1.29, 1.82) is 0 Å². The number of para-hydroxylation sites is 1. The number of aliphatic hydroxyl groups is 1. The first kappa shape index (κ1) is 9.65. The molecule has 2 N–H and O–H groups in total. The van der Waals surface area contributed by atoms with E-state index in [1.807, 2.05) is 0 Å². The van der Waals surface area contributed by atoms with Gasteiger partial charge < -0.3 is 10.2 Å². The van der Waals surface area contributed by atoms with Crippen molar-refractivity contribution in [2.45, 2.75) is 6.10 Å². The monoisotopic (exact) mass is 206 g/mol. The molecule has 1 aromatic carbocycles. The summed E-state index contributed by atoms with van der Waals surface area (Å²) in [5.74, 6) is -0.0687. The summed E-state index contributed by atoms with van der Waals surface area (Å²) < 4.78 is 0. The zero-order valence-electron chi connectivity index (χ0n) is 6.17. The van der Waals surface area contributed by atoms with Crippen LogP contribution in [0, 0.1) is 0 Å². The van der Waals surface area contributed by atoms with E-state index in [0.29, 0.717) is 5.56 Å². The molecule has 66 valence electrons. The van der Waals surface area contributed by atoms with Gasteiger partial charge in [-0.1, -0.05) is 23.7 Å². The Labute approximate surface area is 80.4 Å². The summed E-state index contributed by atoms with van der Waals surface area (Å²) in [5, 5.41) is 18.9. The largest absolute Gasteiger partial charge is 0.506 e. The molecule has 1 rings (SSSR count). The van der Waals surface area contributed by atoms with E-state index in [0.717, 1.165) is 0 Å². The highest BCUT2D eigenvalue weighted by Gasteiger charge is 2.12. The fraction of sp³-hybridized carbons (Fsp3) is 0.250. The Morgan fingerprint density at radius 3 is 2.67 bits per heavy atom. The SMILES string of the molecule is Oc1c(Cl)cccc1C(O)CCl. The average Bonchev–Trinajstić information content (AvgIpc) is 2.08. The summed E-state index contributed by atoms with van der Waals surface area (Å²) in [5.41, 5.74) is 0.359. The molecule has 0 aliphatic rings. The second kappa shape index (κ2) is 3.99. The van der Waals surface area contributed by atoms with Crippen LogP contribution in [-0.4, -0.2) is 16.1 Å². The Morgan fingerprint density at radius 2 is 2.08 bits per heavy atom. The fourth-order valence-corrected chi connectivity index (χ4v) is 1.23. The minimum absolute atomic E-state index is 0.0356. The summed E-state index contributed by atoms with van der Waals surface area (Å²) in [6.45, 7) is 0. The fourth-order valence-electron chi connectivity index (χ4n) is 0.884. The van der Waals surface area contributed by atoms with Crippen molar-refractivity contribution in [3.05, 3.63) is 28.8 Å². The number of halogens is 2. The van der Waals surface area contributed by atoms with Crippen LogP contribution < -0.4 is 0 Å². The average molecular weight is 207 g/mol. The molecule has 0 saturated carbocycles. The third-order valence-corrected chi connectivity index (χ3v) is 2.12. The molecule has 1 atom stereocenters. The summed E-state index contributed by atoms with van der Waals surface area (Å²) in [6.07, 6.45) is -0.870. The van der Waals surface area contributed by atoms with Crippen molar-refractivity contribution >= 4 is 23.2 Å². The van der Waals surface area contributed by atoms with Crippen LogP contribution in [-0.2, 0) is 0 Å². The van der Waals surface area contributed by atoms with E-state index in [-0.39, 0.29) is 16.7 Å². The van der Waals surface area contributed by atoms with Gasteiger partial charge in [-0.05, 0) is 6.07 Å². The molecule has 1 aromatic rings. The Hall–Kier alpha value is -0.440. The molecule has 2 nitrogen and oxygen atoms in total. The highest BCUT2D eigenvalue weighted by atomic mass is 35.5. The van der Waals surface area contributed by atoms with Gasteiger partial charge in [-0.25, -0.2) is 0 Å². The summed E-state index contributed by atoms with van der Waals surface area (Å²) in [6, 6.07) is 4.77. The lowest BCUT2D eigenvalue weighted by Gasteiger charge is -2.09. The predicted molar refractivity (Wildman–Crippen MR) is 48.8 cm³/mol. The number of alkyl halides is 1. The van der Waals surface area contributed by atoms with Crippen LogP contribution in [0.15, 0.2) is 18.2 Å². The van der Waals surface area contributed by atoms with E-state index >= 15 is 0 Å². The van der Waals surface area contributed by atoms with Crippen molar-refractivity contribution in [2.75, 3.05) is 5.88 Å². The van der Waals surface area contributed by atoms with Gasteiger partial charge in [0.2, 0.25) is 0 Å². The van der Waals surface area contributed by atoms with E-state index in [9.17, 15) is 10.2 Å². The van der Waals surface area contributed by atoms with Crippen molar-refractivity contribution in [2.24, 2.45) is 0 Å². The molecule has 12 heavy (non-hydrogen) atoms. The van der Waals surface area contributed by atoms with Crippen LogP contribution >= 0.6 is 23.2 Å². The van der Waals surface area contributed by atoms with Crippen LogP contribution in [0.3, 0.4) is 0 Å². The van der Waals surface area contributed by atoms with E-state index in [4.69, 9.17) is 23.2 Å². The van der Waals surface area contributed by atoms with E-state index in [1.165, 1.54) is 0 Å². The predicted octanol–water partition coefficient (Wildman–Crippen LogP) is 2.32. The lowest BCUT2D eigenvalue weighted by atomic mass is 10.1. The van der Waals surface area contributed by atoms with Crippen LogP contribution in [0.4, 0.5) is 0 Å². The number of aliphatic hydroxyl groups excluding tert-OH is 1. The zero-order chi connectivity index (χ0) is 9.14. The van der Waals surface area contributed by atoms with Gasteiger partial charge in [0.1, 0.15) is 5.75 Å². The van der Waals surface area contributed by atoms with Crippen molar-refractivity contribution in [1.82, 2.24) is 0 Å². The van der Waals surface area contributed by atoms with Crippen molar-refractivity contribution < 1.29 is 10.2 Å². The first-order chi connectivity index (χ1) is 5.66. The molecular weight excluding hydrogens is 199 g/mol. The van der Waals surface area contributed by atoms with Crippen molar-refractivity contribution in [3.63, 3.8) is 0 Å². The number of phenols is 1. The Morgan fingerprint density at radius 1 is 1.42 bits per heavy atom. The molecule has 0 aromatic heterocycles. The van der Waals surface area contributed by atoms with Crippen LogP contribution in [0.25, 0.3) is 0 Å². The third kappa shape index (κ3) is 1.83. The molecule has 0 saturated heterocycles. The third-order valence-electron chi connectivity index (χ3n) is 1.52. The van der Waals surface area contributed by atoms with Crippen LogP contribution in [0.5, 0.6) is 5.75 Å². The van der Waals surface area contributed by atoms with E-state index in [1.54, 1.807) is 18.2 Å². The van der Waals surface area contributed by atoms with Crippen LogP contribution in [0.1, 0.15) is 11.7 Å². The zero-order valence-corrected chi connectivity index (χ0v) is 7.68. The standard InChI is InChI=1S/C8H8Cl2O2/c9-4-7(11)5-2-1-3-6(10)8(5)12/h1-3,7,11-12H,4H2. The molecule has 0 radical (unpaired) electrons. The molecule has 0 aliphatic heterocycles. The molecule has 1 unspecified atom stereocenters. The number of phenolic OH excluding ortho intramolecular Hbond substituents is 1. The Balaban J connectivity index is 3.07. The van der Waals surface area contributed by atoms with Crippen molar-refractivity contribution in [3.8, 4) is 5.75 Å². The second-order valence-corrected chi connectivity index (χ2v) is 3.06. The van der Waals surface area contributed by atoms with E-state index in [2.05, 4.69) is 0 Å². The molecule has 0 amide bonds. The number of hydrogen-bond acceptors (Lipinski definition) is 2. The smallest absolute Gasteiger partial charge is 0.140 e. The normalized spacial score (nSPS) is 12.9. The molecule has 0 bridgehead atoms. The molecular formula is C8H8Cl2O2. The molecule has 0 aliphatic carbocycles. The maximum atomic E-state index is 9.35. The highest BCUT2D eigenvalue weighted by Crippen LogP contribution is 2.31. The lowest BCUT2D eigenvalue weighted by molar-refractivity contribution is 0.198. The minimum Gasteiger partial charge on any atom is -0.506 e. The summed E-state index contributed by atoms with van der Waals surface area (Å²) in [7, 11) is 0. The molecule has 0 heterocycles. The number of aromatic hydroxyl groups is 1. The van der Waals surface area contributed by atoms with Gasteiger partial charge in [0, 0.05) is 5.56 Å². The maximum absolute atomic E-state index is 9.35. The first-order valence-corrected chi connectivity index (χ1v) is 4.29. The van der Waals surface area contributed by atoms with Crippen LogP contribution in [0.2, 0.25) is 5.02 Å². The number of benzene rings is 1. The van der Waals surface area contributed by atoms with Gasteiger partial charge in [-0.2, -0.15) is 0 Å². The van der Waals surface area contributed by atoms with E-state index < -0.39 is 6.10 Å². The van der Waals surface area contributed by atoms with Gasteiger partial charge in [-0.3, -0.25) is 0 Å². The molecule has 0 spiro atoms. The quantitative estimate of drug-likeness (QED) is 0.730. The van der Waals surface area contributed by atoms with Gasteiger partial charge in [0.25, 0.3) is 0 Å². The number of hydrogen-bond donors (Lipinski definition) is 2. The summed E-state index contributed by atoms with van der Waals surface area (Å²) in [4.78, 5) is 0. The van der Waals surface area contributed by atoms with Gasteiger partial charge >= 0.3 is 0 Å². The van der Waals surface area contributed by atoms with Gasteiger partial charge in [-0.15, -0.1) is 11.6 Å². The highest BCUT2D eigenvalue weighted by molar-refractivity contribution is 6.32. The second-order valence-electron chi connectivity index (χ2n) is 2.35. The number of rotatable bonds is 2. The molecule has 4 heteroatoms. The molecule has 0 fully saturated rings.